The fraction of sp³-hybridized carbons (Fsp3) is 0.455. The van der Waals surface area contributed by atoms with Crippen LogP contribution in [0.15, 0.2) is 30.3 Å². The highest BCUT2D eigenvalue weighted by molar-refractivity contribution is 5.18. The average molecular weight is 195 g/mol. The predicted molar refractivity (Wildman–Crippen MR) is 56.1 cm³/mol. The van der Waals surface area contributed by atoms with Crippen molar-refractivity contribution in [3.63, 3.8) is 0 Å². The van der Waals surface area contributed by atoms with Crippen molar-refractivity contribution in [1.82, 2.24) is 5.32 Å². The van der Waals surface area contributed by atoms with Gasteiger partial charge in [0, 0.05) is 7.11 Å². The largest absolute Gasteiger partial charge is 0.387 e. The Balaban J connectivity index is 2.67. The van der Waals surface area contributed by atoms with Crippen LogP contribution in [0.5, 0.6) is 0 Å². The van der Waals surface area contributed by atoms with Gasteiger partial charge in [-0.3, -0.25) is 0 Å². The minimum atomic E-state index is -0.527. The molecule has 0 heterocycles. The summed E-state index contributed by atoms with van der Waals surface area (Å²) < 4.78 is 5.01. The van der Waals surface area contributed by atoms with Crippen LogP contribution in [-0.2, 0) is 4.74 Å². The van der Waals surface area contributed by atoms with E-state index in [0.29, 0.717) is 6.61 Å². The third kappa shape index (κ3) is 2.80. The number of nitrogens with one attached hydrogen (secondary N) is 1. The number of likely N-dealkylation sites (N-methyl/N-ethyl adjacent to an activating group) is 1. The molecule has 14 heavy (non-hydrogen) atoms. The molecule has 1 aromatic rings. The third-order valence-electron chi connectivity index (χ3n) is 2.24. The smallest absolute Gasteiger partial charge is 0.0965 e. The Labute approximate surface area is 84.7 Å². The molecule has 0 saturated carbocycles. The summed E-state index contributed by atoms with van der Waals surface area (Å²) in [5, 5.41) is 13.0. The van der Waals surface area contributed by atoms with Crippen LogP contribution >= 0.6 is 0 Å². The highest BCUT2D eigenvalue weighted by atomic mass is 16.5. The molecule has 78 valence electrons. The molecule has 0 radical (unpaired) electrons. The Bertz CT molecular complexity index is 251. The lowest BCUT2D eigenvalue weighted by Crippen LogP contribution is -2.36. The summed E-state index contributed by atoms with van der Waals surface area (Å²) in [4.78, 5) is 0. The van der Waals surface area contributed by atoms with Crippen LogP contribution < -0.4 is 5.32 Å². The first-order chi connectivity index (χ1) is 6.79. The highest BCUT2D eigenvalue weighted by Gasteiger charge is 2.18. The van der Waals surface area contributed by atoms with Crippen molar-refractivity contribution in [2.75, 3.05) is 20.8 Å². The van der Waals surface area contributed by atoms with Crippen molar-refractivity contribution in [1.29, 1.82) is 0 Å². The summed E-state index contributed by atoms with van der Waals surface area (Å²) in [6.45, 7) is 0.493. The van der Waals surface area contributed by atoms with Crippen LogP contribution in [0.1, 0.15) is 11.7 Å². The van der Waals surface area contributed by atoms with E-state index in [0.717, 1.165) is 5.56 Å². The second-order valence-corrected chi connectivity index (χ2v) is 3.21. The second-order valence-electron chi connectivity index (χ2n) is 3.21. The predicted octanol–water partition coefficient (Wildman–Crippen LogP) is 0.954. The maximum absolute atomic E-state index is 9.97. The Hall–Kier alpha value is -0.900. The zero-order valence-electron chi connectivity index (χ0n) is 8.60. The topological polar surface area (TPSA) is 41.5 Å². The van der Waals surface area contributed by atoms with Crippen LogP contribution in [0.25, 0.3) is 0 Å². The molecule has 0 bridgehead atoms. The minimum absolute atomic E-state index is 0.0672. The molecule has 0 aliphatic heterocycles. The molecule has 0 spiro atoms. The molecule has 3 nitrogen and oxygen atoms in total. The highest BCUT2D eigenvalue weighted by Crippen LogP contribution is 2.16. The van der Waals surface area contributed by atoms with Gasteiger partial charge >= 0.3 is 0 Å². The number of aliphatic hydroxyl groups excluding tert-OH is 1. The molecule has 0 amide bonds. The summed E-state index contributed by atoms with van der Waals surface area (Å²) >= 11 is 0. The fourth-order valence-corrected chi connectivity index (χ4v) is 1.39. The summed E-state index contributed by atoms with van der Waals surface area (Å²) in [5.41, 5.74) is 0.906. The number of aliphatic hydroxyl groups is 1. The van der Waals surface area contributed by atoms with E-state index < -0.39 is 6.10 Å². The van der Waals surface area contributed by atoms with Gasteiger partial charge in [0.2, 0.25) is 0 Å². The van der Waals surface area contributed by atoms with Crippen molar-refractivity contribution < 1.29 is 9.84 Å². The van der Waals surface area contributed by atoms with Crippen LogP contribution in [0.3, 0.4) is 0 Å². The van der Waals surface area contributed by atoms with Gasteiger partial charge < -0.3 is 15.2 Å². The summed E-state index contributed by atoms with van der Waals surface area (Å²) in [7, 11) is 3.44. The third-order valence-corrected chi connectivity index (χ3v) is 2.24. The van der Waals surface area contributed by atoms with E-state index >= 15 is 0 Å². The summed E-state index contributed by atoms with van der Waals surface area (Å²) in [5.74, 6) is 0. The standard InChI is InChI=1S/C11H17NO2/c1-12-10(8-14-2)11(13)9-6-4-3-5-7-9/h3-7,10-13H,8H2,1-2H3/t10-,11+/m0/s1. The van der Waals surface area contributed by atoms with Crippen molar-refractivity contribution >= 4 is 0 Å². The Morgan fingerprint density at radius 1 is 1.36 bits per heavy atom. The van der Waals surface area contributed by atoms with E-state index in [9.17, 15) is 5.11 Å². The lowest BCUT2D eigenvalue weighted by Gasteiger charge is -2.21. The van der Waals surface area contributed by atoms with E-state index in [1.165, 1.54) is 0 Å². The Morgan fingerprint density at radius 2 is 2.00 bits per heavy atom. The Kier molecular flexibility index (Phi) is 4.59. The monoisotopic (exact) mass is 195 g/mol. The number of methoxy groups -OCH3 is 1. The van der Waals surface area contributed by atoms with E-state index in [1.807, 2.05) is 37.4 Å². The van der Waals surface area contributed by atoms with Crippen molar-refractivity contribution in [2.24, 2.45) is 0 Å². The van der Waals surface area contributed by atoms with Gasteiger partial charge in [-0.1, -0.05) is 30.3 Å². The van der Waals surface area contributed by atoms with E-state index in [4.69, 9.17) is 4.74 Å². The molecule has 0 fully saturated rings. The normalized spacial score (nSPS) is 15.1. The molecule has 2 atom stereocenters. The molecule has 0 aromatic heterocycles. The first-order valence-electron chi connectivity index (χ1n) is 4.68. The molecule has 0 aliphatic rings. The van der Waals surface area contributed by atoms with Gasteiger partial charge in [-0.2, -0.15) is 0 Å². The molecule has 0 saturated heterocycles. The second kappa shape index (κ2) is 5.75. The molecule has 0 unspecified atom stereocenters. The number of hydrogen-bond donors (Lipinski definition) is 2. The minimum Gasteiger partial charge on any atom is -0.387 e. The SMILES string of the molecule is CN[C@@H](COC)[C@H](O)c1ccccc1. The lowest BCUT2D eigenvalue weighted by atomic mass is 10.0. The zero-order chi connectivity index (χ0) is 10.4. The van der Waals surface area contributed by atoms with Gasteiger partial charge in [-0.05, 0) is 12.6 Å². The maximum Gasteiger partial charge on any atom is 0.0965 e. The quantitative estimate of drug-likeness (QED) is 0.735. The number of benzene rings is 1. The number of hydrogen-bond acceptors (Lipinski definition) is 3. The van der Waals surface area contributed by atoms with Gasteiger partial charge in [-0.15, -0.1) is 0 Å². The average Bonchev–Trinajstić information content (AvgIpc) is 2.26. The van der Waals surface area contributed by atoms with Crippen LogP contribution in [0.4, 0.5) is 0 Å². The van der Waals surface area contributed by atoms with Crippen LogP contribution in [0, 0.1) is 0 Å². The molecule has 1 rings (SSSR count). The Morgan fingerprint density at radius 3 is 2.50 bits per heavy atom. The zero-order valence-corrected chi connectivity index (χ0v) is 8.60. The van der Waals surface area contributed by atoms with Crippen molar-refractivity contribution in [3.05, 3.63) is 35.9 Å². The molecular formula is C11H17NO2. The number of ether oxygens (including phenoxy) is 1. The summed E-state index contributed by atoms with van der Waals surface area (Å²) in [6.07, 6.45) is -0.527. The molecular weight excluding hydrogens is 178 g/mol. The van der Waals surface area contributed by atoms with Gasteiger partial charge in [-0.25, -0.2) is 0 Å². The van der Waals surface area contributed by atoms with Crippen LogP contribution in [-0.4, -0.2) is 31.9 Å². The van der Waals surface area contributed by atoms with E-state index in [2.05, 4.69) is 5.32 Å². The summed E-state index contributed by atoms with van der Waals surface area (Å²) in [6, 6.07) is 9.51. The van der Waals surface area contributed by atoms with Gasteiger partial charge in [0.25, 0.3) is 0 Å². The van der Waals surface area contributed by atoms with Crippen molar-refractivity contribution in [2.45, 2.75) is 12.1 Å². The van der Waals surface area contributed by atoms with Gasteiger partial charge in [0.1, 0.15) is 0 Å². The lowest BCUT2D eigenvalue weighted by molar-refractivity contribution is 0.0734. The first kappa shape index (κ1) is 11.2. The molecule has 2 N–H and O–H groups in total. The molecule has 0 aliphatic carbocycles. The fourth-order valence-electron chi connectivity index (χ4n) is 1.39. The van der Waals surface area contributed by atoms with Crippen LogP contribution in [0.2, 0.25) is 0 Å². The van der Waals surface area contributed by atoms with Gasteiger partial charge in [0.05, 0.1) is 18.8 Å². The van der Waals surface area contributed by atoms with Gasteiger partial charge in [0.15, 0.2) is 0 Å². The van der Waals surface area contributed by atoms with Crippen molar-refractivity contribution in [3.8, 4) is 0 Å². The van der Waals surface area contributed by atoms with E-state index in [-0.39, 0.29) is 6.04 Å². The first-order valence-corrected chi connectivity index (χ1v) is 4.68. The number of rotatable bonds is 5. The van der Waals surface area contributed by atoms with E-state index in [1.54, 1.807) is 7.11 Å². The molecule has 1 aromatic carbocycles. The maximum atomic E-state index is 9.97. The molecule has 3 heteroatoms.